The van der Waals surface area contributed by atoms with Gasteiger partial charge in [0.15, 0.2) is 0 Å². The Morgan fingerprint density at radius 2 is 1.76 bits per heavy atom. The molecule has 0 unspecified atom stereocenters. The molecule has 2 aliphatic heterocycles. The molecule has 0 bridgehead atoms. The van der Waals surface area contributed by atoms with Crippen LogP contribution in [0.15, 0.2) is 24.4 Å². The van der Waals surface area contributed by atoms with E-state index >= 15 is 0 Å². The zero-order valence-corrected chi connectivity index (χ0v) is 15.1. The molecule has 0 spiro atoms. The van der Waals surface area contributed by atoms with Crippen LogP contribution in [0.25, 0.3) is 0 Å². The summed E-state index contributed by atoms with van der Waals surface area (Å²) in [5.74, 6) is 0.427. The largest absolute Gasteiger partial charge is 0.341 e. The Bertz CT molecular complexity index is 578. The number of piperazine rings is 1. The van der Waals surface area contributed by atoms with Gasteiger partial charge >= 0.3 is 0 Å². The van der Waals surface area contributed by atoms with Crippen molar-refractivity contribution in [1.29, 1.82) is 0 Å². The molecule has 0 aromatic carbocycles. The molecule has 6 heteroatoms. The van der Waals surface area contributed by atoms with E-state index in [1.165, 1.54) is 0 Å². The Labute approximate surface area is 149 Å². The number of carbonyl (C=O) groups is 2. The average molecular weight is 344 g/mol. The summed E-state index contributed by atoms with van der Waals surface area (Å²) in [6.45, 7) is 6.76. The first-order chi connectivity index (χ1) is 12.1. The molecular weight excluding hydrogens is 316 g/mol. The molecule has 1 aromatic heterocycles. The fourth-order valence-electron chi connectivity index (χ4n) is 3.66. The van der Waals surface area contributed by atoms with Crippen LogP contribution in [0.5, 0.6) is 0 Å². The summed E-state index contributed by atoms with van der Waals surface area (Å²) in [7, 11) is 0. The summed E-state index contributed by atoms with van der Waals surface area (Å²) < 4.78 is 0. The van der Waals surface area contributed by atoms with Crippen molar-refractivity contribution in [3.05, 3.63) is 30.1 Å². The monoisotopic (exact) mass is 344 g/mol. The minimum absolute atomic E-state index is 0.0797. The van der Waals surface area contributed by atoms with E-state index in [0.29, 0.717) is 25.9 Å². The van der Waals surface area contributed by atoms with Crippen molar-refractivity contribution in [1.82, 2.24) is 19.7 Å². The van der Waals surface area contributed by atoms with Gasteiger partial charge in [0.1, 0.15) is 0 Å². The van der Waals surface area contributed by atoms with E-state index in [1.807, 2.05) is 34.9 Å². The number of nitrogens with zero attached hydrogens (tertiary/aromatic N) is 4. The second-order valence-electron chi connectivity index (χ2n) is 6.95. The standard InChI is InChI=1S/C19H28N4O2/c1-16(19(25)23-10-4-5-11-23)21-12-14-22(15-13-21)18(24)8-7-17-6-2-3-9-20-17/h2-3,6,9,16H,4-5,7-8,10-15H2,1H3/t16-/m1/s1. The highest BCUT2D eigenvalue weighted by Gasteiger charge is 2.30. The quantitative estimate of drug-likeness (QED) is 0.805. The highest BCUT2D eigenvalue weighted by molar-refractivity contribution is 5.82. The fourth-order valence-corrected chi connectivity index (χ4v) is 3.66. The van der Waals surface area contributed by atoms with Gasteiger partial charge in [-0.15, -0.1) is 0 Å². The summed E-state index contributed by atoms with van der Waals surface area (Å²) in [5.41, 5.74) is 0.958. The number of pyridine rings is 1. The summed E-state index contributed by atoms with van der Waals surface area (Å²) >= 11 is 0. The minimum Gasteiger partial charge on any atom is -0.341 e. The number of amides is 2. The van der Waals surface area contributed by atoms with E-state index in [-0.39, 0.29) is 17.9 Å². The fraction of sp³-hybridized carbons (Fsp3) is 0.632. The number of hydrogen-bond acceptors (Lipinski definition) is 4. The summed E-state index contributed by atoms with van der Waals surface area (Å²) in [4.78, 5) is 35.3. The van der Waals surface area contributed by atoms with Crippen LogP contribution in [-0.4, -0.2) is 76.8 Å². The highest BCUT2D eigenvalue weighted by atomic mass is 16.2. The molecule has 2 aliphatic rings. The predicted molar refractivity (Wildman–Crippen MR) is 96.0 cm³/mol. The Morgan fingerprint density at radius 3 is 2.40 bits per heavy atom. The van der Waals surface area contributed by atoms with Crippen LogP contribution in [0.4, 0.5) is 0 Å². The molecule has 2 fully saturated rings. The summed E-state index contributed by atoms with van der Waals surface area (Å²) in [6, 6.07) is 5.71. The van der Waals surface area contributed by atoms with Crippen molar-refractivity contribution in [3.63, 3.8) is 0 Å². The molecule has 1 aromatic rings. The molecule has 0 saturated carbocycles. The third-order valence-corrected chi connectivity index (χ3v) is 5.31. The van der Waals surface area contributed by atoms with Crippen molar-refractivity contribution >= 4 is 11.8 Å². The second kappa shape index (κ2) is 8.43. The molecule has 136 valence electrons. The topological polar surface area (TPSA) is 56.8 Å². The van der Waals surface area contributed by atoms with Crippen molar-refractivity contribution in [2.45, 2.75) is 38.6 Å². The SMILES string of the molecule is C[C@H](C(=O)N1CCCC1)N1CCN(C(=O)CCc2ccccn2)CC1. The molecule has 25 heavy (non-hydrogen) atoms. The van der Waals surface area contributed by atoms with Crippen LogP contribution in [0.3, 0.4) is 0 Å². The zero-order chi connectivity index (χ0) is 17.6. The van der Waals surface area contributed by atoms with Gasteiger partial charge in [-0.05, 0) is 38.3 Å². The lowest BCUT2D eigenvalue weighted by Gasteiger charge is -2.38. The maximum Gasteiger partial charge on any atom is 0.239 e. The molecule has 0 N–H and O–H groups in total. The number of aryl methyl sites for hydroxylation is 1. The number of aromatic nitrogens is 1. The van der Waals surface area contributed by atoms with Gasteiger partial charge in [0.25, 0.3) is 0 Å². The Balaban J connectivity index is 1.43. The van der Waals surface area contributed by atoms with Gasteiger partial charge in [0, 0.05) is 57.6 Å². The van der Waals surface area contributed by atoms with E-state index in [1.54, 1.807) is 6.20 Å². The normalized spacial score (nSPS) is 19.9. The van der Waals surface area contributed by atoms with Crippen molar-refractivity contribution < 1.29 is 9.59 Å². The molecule has 0 aliphatic carbocycles. The second-order valence-corrected chi connectivity index (χ2v) is 6.95. The summed E-state index contributed by atoms with van der Waals surface area (Å²) in [6.07, 6.45) is 5.19. The number of likely N-dealkylation sites (tertiary alicyclic amines) is 1. The van der Waals surface area contributed by atoms with Gasteiger partial charge in [-0.3, -0.25) is 19.5 Å². The van der Waals surface area contributed by atoms with Crippen LogP contribution >= 0.6 is 0 Å². The van der Waals surface area contributed by atoms with Crippen molar-refractivity contribution in [2.75, 3.05) is 39.3 Å². The Hall–Kier alpha value is -1.95. The number of rotatable bonds is 5. The van der Waals surface area contributed by atoms with Gasteiger partial charge in [-0.25, -0.2) is 0 Å². The van der Waals surface area contributed by atoms with Crippen LogP contribution in [-0.2, 0) is 16.0 Å². The van der Waals surface area contributed by atoms with E-state index < -0.39 is 0 Å². The zero-order valence-electron chi connectivity index (χ0n) is 15.1. The maximum absolute atomic E-state index is 12.5. The van der Waals surface area contributed by atoms with Gasteiger partial charge in [-0.1, -0.05) is 6.07 Å². The highest BCUT2D eigenvalue weighted by Crippen LogP contribution is 2.14. The summed E-state index contributed by atoms with van der Waals surface area (Å²) in [5, 5.41) is 0. The maximum atomic E-state index is 12.5. The molecule has 0 radical (unpaired) electrons. The molecular formula is C19H28N4O2. The van der Waals surface area contributed by atoms with Crippen LogP contribution in [0, 0.1) is 0 Å². The molecule has 3 rings (SSSR count). The average Bonchev–Trinajstić information content (AvgIpc) is 3.20. The number of carbonyl (C=O) groups excluding carboxylic acids is 2. The molecule has 3 heterocycles. The third kappa shape index (κ3) is 4.57. The van der Waals surface area contributed by atoms with Gasteiger partial charge in [0.2, 0.25) is 11.8 Å². The lowest BCUT2D eigenvalue weighted by Crippen LogP contribution is -2.55. The smallest absolute Gasteiger partial charge is 0.239 e. The van der Waals surface area contributed by atoms with Gasteiger partial charge in [-0.2, -0.15) is 0 Å². The molecule has 2 saturated heterocycles. The predicted octanol–water partition coefficient (Wildman–Crippen LogP) is 1.17. The van der Waals surface area contributed by atoms with E-state index in [9.17, 15) is 9.59 Å². The molecule has 2 amide bonds. The van der Waals surface area contributed by atoms with Crippen LogP contribution < -0.4 is 0 Å². The van der Waals surface area contributed by atoms with Crippen LogP contribution in [0.2, 0.25) is 0 Å². The third-order valence-electron chi connectivity index (χ3n) is 5.31. The van der Waals surface area contributed by atoms with E-state index in [4.69, 9.17) is 0 Å². The first-order valence-corrected chi connectivity index (χ1v) is 9.35. The lowest BCUT2D eigenvalue weighted by molar-refractivity contribution is -0.138. The van der Waals surface area contributed by atoms with E-state index in [0.717, 1.165) is 44.7 Å². The van der Waals surface area contributed by atoms with Gasteiger partial charge in [0.05, 0.1) is 6.04 Å². The van der Waals surface area contributed by atoms with Crippen LogP contribution in [0.1, 0.15) is 31.9 Å². The van der Waals surface area contributed by atoms with E-state index in [2.05, 4.69) is 9.88 Å². The number of hydrogen-bond donors (Lipinski definition) is 0. The van der Waals surface area contributed by atoms with Crippen molar-refractivity contribution in [2.24, 2.45) is 0 Å². The first kappa shape index (κ1) is 17.9. The molecule has 1 atom stereocenters. The Morgan fingerprint density at radius 1 is 1.04 bits per heavy atom. The lowest BCUT2D eigenvalue weighted by atomic mass is 10.1. The first-order valence-electron chi connectivity index (χ1n) is 9.35. The van der Waals surface area contributed by atoms with Gasteiger partial charge < -0.3 is 9.80 Å². The molecule has 6 nitrogen and oxygen atoms in total. The minimum atomic E-state index is -0.0797. The van der Waals surface area contributed by atoms with Crippen molar-refractivity contribution in [3.8, 4) is 0 Å². The Kier molecular flexibility index (Phi) is 6.02.